The SMILES string of the molecule is O=c1[nH]c(=O)n([C@@H]2C[C@H](O)[C@H](CO)S2)cc1F. The van der Waals surface area contributed by atoms with E-state index in [-0.39, 0.29) is 13.0 Å². The highest BCUT2D eigenvalue weighted by molar-refractivity contribution is 8.00. The van der Waals surface area contributed by atoms with Crippen LogP contribution in [-0.4, -0.2) is 37.7 Å². The van der Waals surface area contributed by atoms with E-state index in [0.717, 1.165) is 10.8 Å². The fourth-order valence-electron chi connectivity index (χ4n) is 1.72. The second kappa shape index (κ2) is 4.63. The molecular weight excluding hydrogens is 251 g/mol. The average Bonchev–Trinajstić information content (AvgIpc) is 2.65. The lowest BCUT2D eigenvalue weighted by molar-refractivity contribution is 0.137. The van der Waals surface area contributed by atoms with E-state index >= 15 is 0 Å². The maximum Gasteiger partial charge on any atom is 0.329 e. The zero-order valence-corrected chi connectivity index (χ0v) is 9.48. The van der Waals surface area contributed by atoms with Crippen molar-refractivity contribution in [3.8, 4) is 0 Å². The number of aliphatic hydroxyl groups is 2. The summed E-state index contributed by atoms with van der Waals surface area (Å²) < 4.78 is 14.1. The summed E-state index contributed by atoms with van der Waals surface area (Å²) in [6.07, 6.45) is 0.295. The van der Waals surface area contributed by atoms with E-state index < -0.39 is 33.8 Å². The van der Waals surface area contributed by atoms with Gasteiger partial charge in [-0.2, -0.15) is 4.39 Å². The van der Waals surface area contributed by atoms with Crippen LogP contribution in [0.1, 0.15) is 11.8 Å². The van der Waals surface area contributed by atoms with E-state index in [4.69, 9.17) is 5.11 Å². The number of hydrogen-bond acceptors (Lipinski definition) is 5. The van der Waals surface area contributed by atoms with Gasteiger partial charge in [0.25, 0.3) is 5.56 Å². The molecule has 17 heavy (non-hydrogen) atoms. The molecule has 94 valence electrons. The van der Waals surface area contributed by atoms with E-state index in [1.165, 1.54) is 11.8 Å². The number of hydrogen-bond donors (Lipinski definition) is 3. The van der Waals surface area contributed by atoms with Crippen LogP contribution in [-0.2, 0) is 0 Å². The first-order valence-electron chi connectivity index (χ1n) is 4.98. The van der Waals surface area contributed by atoms with Gasteiger partial charge < -0.3 is 10.2 Å². The van der Waals surface area contributed by atoms with Gasteiger partial charge in [0.2, 0.25) is 5.82 Å². The molecule has 0 spiro atoms. The lowest BCUT2D eigenvalue weighted by Crippen LogP contribution is -2.32. The van der Waals surface area contributed by atoms with Crippen LogP contribution in [0.5, 0.6) is 0 Å². The van der Waals surface area contributed by atoms with Crippen LogP contribution >= 0.6 is 11.8 Å². The molecule has 0 unspecified atom stereocenters. The number of nitrogens with zero attached hydrogens (tertiary/aromatic N) is 1. The van der Waals surface area contributed by atoms with Crippen molar-refractivity contribution in [2.75, 3.05) is 6.61 Å². The van der Waals surface area contributed by atoms with Crippen molar-refractivity contribution in [3.63, 3.8) is 0 Å². The van der Waals surface area contributed by atoms with Gasteiger partial charge in [0.1, 0.15) is 0 Å². The molecule has 1 aliphatic rings. The smallest absolute Gasteiger partial charge is 0.329 e. The summed E-state index contributed by atoms with van der Waals surface area (Å²) in [4.78, 5) is 24.2. The molecule has 0 amide bonds. The molecule has 3 atom stereocenters. The van der Waals surface area contributed by atoms with Crippen molar-refractivity contribution in [1.82, 2.24) is 9.55 Å². The number of aromatic amines is 1. The zero-order valence-electron chi connectivity index (χ0n) is 8.67. The maximum atomic E-state index is 13.1. The number of nitrogens with one attached hydrogen (secondary N) is 1. The van der Waals surface area contributed by atoms with Crippen molar-refractivity contribution in [2.24, 2.45) is 0 Å². The Morgan fingerprint density at radius 3 is 2.88 bits per heavy atom. The molecule has 2 rings (SSSR count). The minimum atomic E-state index is -1.06. The van der Waals surface area contributed by atoms with Crippen molar-refractivity contribution in [2.45, 2.75) is 23.1 Å². The van der Waals surface area contributed by atoms with Crippen LogP contribution in [0.3, 0.4) is 0 Å². The first-order chi connectivity index (χ1) is 8.02. The highest BCUT2D eigenvalue weighted by atomic mass is 32.2. The van der Waals surface area contributed by atoms with Crippen LogP contribution in [0.4, 0.5) is 4.39 Å². The van der Waals surface area contributed by atoms with Gasteiger partial charge in [-0.25, -0.2) is 4.79 Å². The topological polar surface area (TPSA) is 95.3 Å². The standard InChI is InChI=1S/C9H11FN2O4S/c10-4-2-12(9(16)11-8(4)15)7-1-5(14)6(3-13)17-7/h2,5-7,13-14H,1,3H2,(H,11,15,16)/t5-,6-,7-/m0/s1. The van der Waals surface area contributed by atoms with Crippen molar-refractivity contribution < 1.29 is 14.6 Å². The van der Waals surface area contributed by atoms with Crippen LogP contribution in [0.25, 0.3) is 0 Å². The number of H-pyrrole nitrogens is 1. The molecule has 0 saturated carbocycles. The van der Waals surface area contributed by atoms with Crippen LogP contribution in [0.15, 0.2) is 15.8 Å². The number of aromatic nitrogens is 2. The summed E-state index contributed by atoms with van der Waals surface area (Å²) in [5.41, 5.74) is -1.78. The molecule has 1 saturated heterocycles. The van der Waals surface area contributed by atoms with E-state index in [0.29, 0.717) is 0 Å². The van der Waals surface area contributed by atoms with Gasteiger partial charge in [-0.05, 0) is 0 Å². The van der Waals surface area contributed by atoms with Gasteiger partial charge in [0, 0.05) is 6.42 Å². The van der Waals surface area contributed by atoms with E-state index in [2.05, 4.69) is 0 Å². The largest absolute Gasteiger partial charge is 0.395 e. The van der Waals surface area contributed by atoms with Crippen molar-refractivity contribution in [1.29, 1.82) is 0 Å². The number of halogens is 1. The molecule has 1 fully saturated rings. The summed E-state index contributed by atoms with van der Waals surface area (Å²) in [5, 5.41) is 17.7. The number of aliphatic hydroxyl groups excluding tert-OH is 2. The average molecular weight is 262 g/mol. The quantitative estimate of drug-likeness (QED) is 0.637. The summed E-state index contributed by atoms with van der Waals surface area (Å²) in [6.45, 7) is -0.219. The molecule has 1 aliphatic heterocycles. The summed E-state index contributed by atoms with van der Waals surface area (Å²) in [7, 11) is 0. The van der Waals surface area contributed by atoms with Gasteiger partial charge in [0.05, 0.1) is 29.5 Å². The third-order valence-electron chi connectivity index (χ3n) is 2.62. The fraction of sp³-hybridized carbons (Fsp3) is 0.556. The molecule has 1 aromatic heterocycles. The predicted octanol–water partition coefficient (Wildman–Crippen LogP) is -0.967. The lowest BCUT2D eigenvalue weighted by atomic mass is 10.2. The second-order valence-electron chi connectivity index (χ2n) is 3.76. The van der Waals surface area contributed by atoms with Gasteiger partial charge in [0.15, 0.2) is 0 Å². The maximum absolute atomic E-state index is 13.1. The molecule has 0 aromatic carbocycles. The van der Waals surface area contributed by atoms with Crippen LogP contribution in [0.2, 0.25) is 0 Å². The molecule has 0 bridgehead atoms. The molecular formula is C9H11FN2O4S. The van der Waals surface area contributed by atoms with Crippen molar-refractivity contribution in [3.05, 3.63) is 32.9 Å². The van der Waals surface area contributed by atoms with E-state index in [1.807, 2.05) is 4.98 Å². The van der Waals surface area contributed by atoms with Crippen molar-refractivity contribution >= 4 is 11.8 Å². The minimum absolute atomic E-state index is 0.219. The number of thioether (sulfide) groups is 1. The fourth-order valence-corrected chi connectivity index (χ4v) is 3.10. The van der Waals surface area contributed by atoms with E-state index in [1.54, 1.807) is 0 Å². The summed E-state index contributed by atoms with van der Waals surface area (Å²) in [5.74, 6) is -1.05. The highest BCUT2D eigenvalue weighted by Gasteiger charge is 2.34. The third kappa shape index (κ3) is 2.28. The highest BCUT2D eigenvalue weighted by Crippen LogP contribution is 2.40. The zero-order chi connectivity index (χ0) is 12.6. The van der Waals surface area contributed by atoms with E-state index in [9.17, 15) is 19.1 Å². The Labute approximate surface area is 99.1 Å². The molecule has 3 N–H and O–H groups in total. The molecule has 6 nitrogen and oxygen atoms in total. The molecule has 8 heteroatoms. The molecule has 0 radical (unpaired) electrons. The third-order valence-corrected chi connectivity index (χ3v) is 4.17. The predicted molar refractivity (Wildman–Crippen MR) is 59.4 cm³/mol. The normalized spacial score (nSPS) is 28.5. The van der Waals surface area contributed by atoms with Crippen LogP contribution < -0.4 is 11.2 Å². The Balaban J connectivity index is 2.34. The Kier molecular flexibility index (Phi) is 3.36. The lowest BCUT2D eigenvalue weighted by Gasteiger charge is -2.12. The van der Waals surface area contributed by atoms with Gasteiger partial charge in [-0.1, -0.05) is 0 Å². The Bertz CT molecular complexity index is 528. The monoisotopic (exact) mass is 262 g/mol. The first-order valence-corrected chi connectivity index (χ1v) is 5.92. The molecule has 2 heterocycles. The van der Waals surface area contributed by atoms with Crippen LogP contribution in [0, 0.1) is 5.82 Å². The molecule has 1 aromatic rings. The Hall–Kier alpha value is -1.12. The molecule has 0 aliphatic carbocycles. The second-order valence-corrected chi connectivity index (χ2v) is 5.18. The number of rotatable bonds is 2. The summed E-state index contributed by atoms with van der Waals surface area (Å²) in [6, 6.07) is 0. The first kappa shape index (κ1) is 12.3. The van der Waals surface area contributed by atoms with Gasteiger partial charge >= 0.3 is 5.69 Å². The Morgan fingerprint density at radius 2 is 2.29 bits per heavy atom. The van der Waals surface area contributed by atoms with Gasteiger partial charge in [-0.3, -0.25) is 14.3 Å². The Morgan fingerprint density at radius 1 is 1.59 bits per heavy atom. The minimum Gasteiger partial charge on any atom is -0.395 e. The van der Waals surface area contributed by atoms with Gasteiger partial charge in [-0.15, -0.1) is 11.8 Å². The summed E-state index contributed by atoms with van der Waals surface area (Å²) >= 11 is 1.17.